The van der Waals surface area contributed by atoms with Crippen molar-refractivity contribution in [2.45, 2.75) is 31.5 Å². The van der Waals surface area contributed by atoms with E-state index in [9.17, 15) is 18.0 Å². The smallest absolute Gasteiger partial charge is 0.406 e. The SMILES string of the molecule is CN1C(=O)CCO[C@H]2CN(Cc3cccc(OC(F)(F)F)c3)C[C@@H]21. The van der Waals surface area contributed by atoms with Gasteiger partial charge in [-0.1, -0.05) is 12.1 Å². The van der Waals surface area contributed by atoms with Gasteiger partial charge in [0.15, 0.2) is 0 Å². The predicted molar refractivity (Wildman–Crippen MR) is 79.3 cm³/mol. The van der Waals surface area contributed by atoms with Gasteiger partial charge >= 0.3 is 6.36 Å². The summed E-state index contributed by atoms with van der Waals surface area (Å²) in [6, 6.07) is 5.94. The van der Waals surface area contributed by atoms with Crippen LogP contribution in [0, 0.1) is 0 Å². The Labute approximate surface area is 137 Å². The minimum absolute atomic E-state index is 0.0189. The quantitative estimate of drug-likeness (QED) is 0.841. The largest absolute Gasteiger partial charge is 0.573 e. The molecule has 0 N–H and O–H groups in total. The highest BCUT2D eigenvalue weighted by atomic mass is 19.4. The van der Waals surface area contributed by atoms with E-state index in [-0.39, 0.29) is 23.8 Å². The summed E-state index contributed by atoms with van der Waals surface area (Å²) in [7, 11) is 1.77. The molecule has 2 aliphatic rings. The van der Waals surface area contributed by atoms with Crippen LogP contribution in [0.25, 0.3) is 0 Å². The zero-order valence-electron chi connectivity index (χ0n) is 13.3. The van der Waals surface area contributed by atoms with Crippen LogP contribution in [-0.2, 0) is 16.1 Å². The highest BCUT2D eigenvalue weighted by molar-refractivity contribution is 5.76. The first kappa shape index (κ1) is 17.0. The van der Waals surface area contributed by atoms with Crippen LogP contribution in [0.1, 0.15) is 12.0 Å². The van der Waals surface area contributed by atoms with Gasteiger partial charge in [0.2, 0.25) is 5.91 Å². The molecule has 2 aliphatic heterocycles. The standard InChI is InChI=1S/C16H19F3N2O3/c1-20-13-9-21(10-14(13)23-6-5-15(20)22)8-11-3-2-4-12(7-11)24-16(17,18)19/h2-4,7,13-14H,5-6,8-10H2,1H3/t13-,14-/m0/s1. The third-order valence-corrected chi connectivity index (χ3v) is 4.39. The lowest BCUT2D eigenvalue weighted by Crippen LogP contribution is -2.42. The fraction of sp³-hybridized carbons (Fsp3) is 0.562. The maximum Gasteiger partial charge on any atom is 0.573 e. The molecule has 2 fully saturated rings. The summed E-state index contributed by atoms with van der Waals surface area (Å²) in [6.07, 6.45) is -4.37. The molecule has 24 heavy (non-hydrogen) atoms. The van der Waals surface area contributed by atoms with E-state index in [1.54, 1.807) is 18.0 Å². The molecule has 0 unspecified atom stereocenters. The third-order valence-electron chi connectivity index (χ3n) is 4.39. The second-order valence-corrected chi connectivity index (χ2v) is 6.12. The van der Waals surface area contributed by atoms with Gasteiger partial charge in [0.25, 0.3) is 0 Å². The highest BCUT2D eigenvalue weighted by Crippen LogP contribution is 2.26. The zero-order valence-corrected chi connectivity index (χ0v) is 13.3. The van der Waals surface area contributed by atoms with E-state index in [1.807, 2.05) is 0 Å². The molecule has 2 atom stereocenters. The maximum atomic E-state index is 12.3. The molecule has 0 aromatic heterocycles. The van der Waals surface area contributed by atoms with Gasteiger partial charge < -0.3 is 14.4 Å². The van der Waals surface area contributed by atoms with Crippen LogP contribution < -0.4 is 4.74 Å². The summed E-state index contributed by atoms with van der Waals surface area (Å²) < 4.78 is 46.6. The highest BCUT2D eigenvalue weighted by Gasteiger charge is 2.39. The Balaban J connectivity index is 1.65. The molecule has 2 heterocycles. The average Bonchev–Trinajstić information content (AvgIpc) is 2.82. The third kappa shape index (κ3) is 3.99. The molecule has 132 valence electrons. The van der Waals surface area contributed by atoms with Crippen molar-refractivity contribution in [2.24, 2.45) is 0 Å². The number of amides is 1. The Morgan fingerprint density at radius 1 is 1.33 bits per heavy atom. The summed E-state index contributed by atoms with van der Waals surface area (Å²) in [6.45, 7) is 2.17. The molecule has 8 heteroatoms. The number of halogens is 3. The Morgan fingerprint density at radius 2 is 2.12 bits per heavy atom. The Bertz CT molecular complexity index is 608. The van der Waals surface area contributed by atoms with Crippen molar-refractivity contribution in [1.29, 1.82) is 0 Å². The number of hydrogen-bond donors (Lipinski definition) is 0. The van der Waals surface area contributed by atoms with Crippen LogP contribution in [0.4, 0.5) is 13.2 Å². The monoisotopic (exact) mass is 344 g/mol. The molecule has 1 amide bonds. The fourth-order valence-electron chi connectivity index (χ4n) is 3.26. The number of alkyl halides is 3. The van der Waals surface area contributed by atoms with Gasteiger partial charge in [-0.15, -0.1) is 13.2 Å². The molecular formula is C16H19F3N2O3. The minimum atomic E-state index is -4.70. The van der Waals surface area contributed by atoms with Crippen molar-refractivity contribution >= 4 is 5.91 Å². The molecular weight excluding hydrogens is 325 g/mol. The Morgan fingerprint density at radius 3 is 2.88 bits per heavy atom. The van der Waals surface area contributed by atoms with Crippen LogP contribution >= 0.6 is 0 Å². The Hall–Kier alpha value is -1.80. The molecule has 1 aromatic carbocycles. The van der Waals surface area contributed by atoms with Gasteiger partial charge in [-0.05, 0) is 17.7 Å². The van der Waals surface area contributed by atoms with Crippen molar-refractivity contribution < 1.29 is 27.4 Å². The van der Waals surface area contributed by atoms with Crippen LogP contribution in [0.5, 0.6) is 5.75 Å². The molecule has 0 spiro atoms. The second-order valence-electron chi connectivity index (χ2n) is 6.12. The lowest BCUT2D eigenvalue weighted by molar-refractivity contribution is -0.274. The fourth-order valence-corrected chi connectivity index (χ4v) is 3.26. The van der Waals surface area contributed by atoms with Crippen LogP contribution in [-0.4, -0.2) is 61.0 Å². The van der Waals surface area contributed by atoms with E-state index in [0.29, 0.717) is 32.7 Å². The summed E-state index contributed by atoms with van der Waals surface area (Å²) in [5.74, 6) is -0.165. The van der Waals surface area contributed by atoms with E-state index < -0.39 is 6.36 Å². The topological polar surface area (TPSA) is 42.0 Å². The number of nitrogens with zero attached hydrogens (tertiary/aromatic N) is 2. The average molecular weight is 344 g/mol. The summed E-state index contributed by atoms with van der Waals surface area (Å²) in [4.78, 5) is 15.7. The van der Waals surface area contributed by atoms with E-state index in [0.717, 1.165) is 5.56 Å². The molecule has 3 rings (SSSR count). The Kier molecular flexibility index (Phi) is 4.69. The van der Waals surface area contributed by atoms with Gasteiger partial charge in [0.05, 0.1) is 25.2 Å². The van der Waals surface area contributed by atoms with Gasteiger partial charge in [-0.2, -0.15) is 0 Å². The lowest BCUT2D eigenvalue weighted by atomic mass is 10.2. The number of ether oxygens (including phenoxy) is 2. The van der Waals surface area contributed by atoms with Gasteiger partial charge in [-0.3, -0.25) is 9.69 Å². The van der Waals surface area contributed by atoms with Gasteiger partial charge in [0, 0.05) is 26.7 Å². The molecule has 0 bridgehead atoms. The number of likely N-dealkylation sites (N-methyl/N-ethyl adjacent to an activating group) is 1. The molecule has 1 aromatic rings. The van der Waals surface area contributed by atoms with Crippen molar-refractivity contribution in [1.82, 2.24) is 9.80 Å². The zero-order chi connectivity index (χ0) is 17.3. The van der Waals surface area contributed by atoms with E-state index in [1.165, 1.54) is 18.2 Å². The van der Waals surface area contributed by atoms with Gasteiger partial charge in [-0.25, -0.2) is 0 Å². The normalized spacial score (nSPS) is 25.5. The molecule has 0 saturated carbocycles. The minimum Gasteiger partial charge on any atom is -0.406 e. The second kappa shape index (κ2) is 6.60. The first-order chi connectivity index (χ1) is 11.3. The van der Waals surface area contributed by atoms with Crippen LogP contribution in [0.3, 0.4) is 0 Å². The number of fused-ring (bicyclic) bond motifs is 1. The summed E-state index contributed by atoms with van der Waals surface area (Å²) in [5.41, 5.74) is 0.724. The maximum absolute atomic E-state index is 12.3. The van der Waals surface area contributed by atoms with E-state index in [2.05, 4.69) is 9.64 Å². The lowest BCUT2D eigenvalue weighted by Gasteiger charge is -2.25. The summed E-state index contributed by atoms with van der Waals surface area (Å²) >= 11 is 0. The first-order valence-electron chi connectivity index (χ1n) is 7.76. The number of carbonyl (C=O) groups excluding carboxylic acids is 1. The van der Waals surface area contributed by atoms with E-state index in [4.69, 9.17) is 4.74 Å². The van der Waals surface area contributed by atoms with Crippen molar-refractivity contribution in [2.75, 3.05) is 26.7 Å². The van der Waals surface area contributed by atoms with Crippen molar-refractivity contribution in [3.8, 4) is 5.75 Å². The van der Waals surface area contributed by atoms with Gasteiger partial charge in [0.1, 0.15) is 5.75 Å². The first-order valence-corrected chi connectivity index (χ1v) is 7.76. The van der Waals surface area contributed by atoms with E-state index >= 15 is 0 Å². The summed E-state index contributed by atoms with van der Waals surface area (Å²) in [5, 5.41) is 0. The molecule has 2 saturated heterocycles. The van der Waals surface area contributed by atoms with Crippen molar-refractivity contribution in [3.63, 3.8) is 0 Å². The molecule has 0 radical (unpaired) electrons. The van der Waals surface area contributed by atoms with Crippen LogP contribution in [0.2, 0.25) is 0 Å². The number of hydrogen-bond acceptors (Lipinski definition) is 4. The molecule has 5 nitrogen and oxygen atoms in total. The number of likely N-dealkylation sites (tertiary alicyclic amines) is 1. The van der Waals surface area contributed by atoms with Crippen LogP contribution in [0.15, 0.2) is 24.3 Å². The predicted octanol–water partition coefficient (Wildman–Crippen LogP) is 2.02. The number of rotatable bonds is 3. The van der Waals surface area contributed by atoms with Crippen molar-refractivity contribution in [3.05, 3.63) is 29.8 Å². The molecule has 0 aliphatic carbocycles. The number of benzene rings is 1. The number of carbonyl (C=O) groups is 1.